The third kappa shape index (κ3) is 7.92. The molecule has 4 heterocycles. The molecular formula is C37H34N4O4. The number of carbonyl (C=O) groups excluding carboxylic acids is 1. The third-order valence-electron chi connectivity index (χ3n) is 7.49. The maximum Gasteiger partial charge on any atom is 0.337 e. The van der Waals surface area contributed by atoms with Crippen molar-refractivity contribution in [2.45, 2.75) is 39.5 Å². The summed E-state index contributed by atoms with van der Waals surface area (Å²) >= 11 is 0. The number of hydrogen-bond acceptors (Lipinski definition) is 7. The van der Waals surface area contributed by atoms with E-state index >= 15 is 0 Å². The molecule has 8 nitrogen and oxygen atoms in total. The number of aryl methyl sites for hydroxylation is 2. The van der Waals surface area contributed by atoms with Crippen LogP contribution in [0.3, 0.4) is 0 Å². The number of ether oxygens (including phenoxy) is 1. The summed E-state index contributed by atoms with van der Waals surface area (Å²) in [6.07, 6.45) is 10.2. The predicted octanol–water partition coefficient (Wildman–Crippen LogP) is 7.05. The number of pyridine rings is 4. The van der Waals surface area contributed by atoms with Gasteiger partial charge in [0.2, 0.25) is 0 Å². The number of carboxylic acids is 1. The fraction of sp³-hybridized carbons (Fsp3) is 0.189. The Labute approximate surface area is 261 Å². The molecule has 0 saturated carbocycles. The lowest BCUT2D eigenvalue weighted by atomic mass is 10.0. The number of rotatable bonds is 8. The zero-order chi connectivity index (χ0) is 31.8. The molecule has 0 saturated heterocycles. The van der Waals surface area contributed by atoms with Crippen LogP contribution in [0.25, 0.3) is 21.8 Å². The van der Waals surface area contributed by atoms with Crippen LogP contribution in [0.5, 0.6) is 0 Å². The quantitative estimate of drug-likeness (QED) is 0.185. The summed E-state index contributed by atoms with van der Waals surface area (Å²) in [7, 11) is 1.38. The van der Waals surface area contributed by atoms with Crippen molar-refractivity contribution < 1.29 is 19.4 Å². The molecule has 0 amide bonds. The molecule has 0 aliphatic carbocycles. The van der Waals surface area contributed by atoms with Gasteiger partial charge in [-0.1, -0.05) is 26.0 Å². The molecule has 2 aromatic carbocycles. The third-order valence-corrected chi connectivity index (χ3v) is 7.49. The van der Waals surface area contributed by atoms with Gasteiger partial charge in [0.1, 0.15) is 0 Å². The number of hydrogen-bond donors (Lipinski definition) is 1. The highest BCUT2D eigenvalue weighted by molar-refractivity contribution is 5.89. The average molecular weight is 599 g/mol. The molecule has 0 unspecified atom stereocenters. The van der Waals surface area contributed by atoms with Crippen molar-refractivity contribution in [3.63, 3.8) is 0 Å². The first-order valence-electron chi connectivity index (χ1n) is 14.8. The molecule has 0 aliphatic heterocycles. The number of nitrogens with zero attached hydrogens (tertiary/aromatic N) is 4. The molecule has 0 atom stereocenters. The highest BCUT2D eigenvalue weighted by Crippen LogP contribution is 2.20. The molecule has 0 spiro atoms. The van der Waals surface area contributed by atoms with Crippen LogP contribution >= 0.6 is 0 Å². The van der Waals surface area contributed by atoms with Crippen LogP contribution in [-0.2, 0) is 30.4 Å². The minimum atomic E-state index is -0.932. The first kappa shape index (κ1) is 30.9. The van der Waals surface area contributed by atoms with Crippen LogP contribution in [0.2, 0.25) is 0 Å². The van der Waals surface area contributed by atoms with Gasteiger partial charge in [-0.05, 0) is 95.8 Å². The number of benzene rings is 2. The molecule has 226 valence electrons. The van der Waals surface area contributed by atoms with Gasteiger partial charge >= 0.3 is 11.9 Å². The molecule has 45 heavy (non-hydrogen) atoms. The van der Waals surface area contributed by atoms with E-state index in [2.05, 4.69) is 58.0 Å². The van der Waals surface area contributed by atoms with Crippen LogP contribution in [0.15, 0.2) is 97.6 Å². The number of aromatic carboxylic acids is 1. The van der Waals surface area contributed by atoms with E-state index in [-0.39, 0.29) is 11.5 Å². The minimum absolute atomic E-state index is 0.265. The predicted molar refractivity (Wildman–Crippen MR) is 175 cm³/mol. The normalized spacial score (nSPS) is 10.7. The number of fused-ring (bicyclic) bond motifs is 2. The van der Waals surface area contributed by atoms with E-state index in [1.54, 1.807) is 24.4 Å². The van der Waals surface area contributed by atoms with E-state index in [1.165, 1.54) is 30.5 Å². The largest absolute Gasteiger partial charge is 0.478 e. The highest BCUT2D eigenvalue weighted by Gasteiger charge is 2.09. The van der Waals surface area contributed by atoms with Crippen molar-refractivity contribution in [3.8, 4) is 0 Å². The first-order chi connectivity index (χ1) is 21.8. The van der Waals surface area contributed by atoms with Gasteiger partial charge in [0, 0.05) is 59.8 Å². The van der Waals surface area contributed by atoms with Gasteiger partial charge in [0.15, 0.2) is 0 Å². The number of methoxy groups -OCH3 is 1. The first-order valence-corrected chi connectivity index (χ1v) is 14.8. The van der Waals surface area contributed by atoms with Crippen molar-refractivity contribution in [2.75, 3.05) is 7.11 Å². The van der Waals surface area contributed by atoms with Crippen LogP contribution in [-0.4, -0.2) is 44.1 Å². The number of carboxylic acid groups (broad SMARTS) is 1. The van der Waals surface area contributed by atoms with Crippen molar-refractivity contribution in [1.82, 2.24) is 19.9 Å². The molecule has 0 aliphatic rings. The van der Waals surface area contributed by atoms with Crippen LogP contribution in [0.4, 0.5) is 0 Å². The lowest BCUT2D eigenvalue weighted by Crippen LogP contribution is -2.03. The molecule has 6 aromatic rings. The van der Waals surface area contributed by atoms with Crippen molar-refractivity contribution in [1.29, 1.82) is 0 Å². The van der Waals surface area contributed by atoms with Gasteiger partial charge in [0.05, 0.1) is 29.3 Å². The number of esters is 1. The van der Waals surface area contributed by atoms with E-state index in [0.717, 1.165) is 57.2 Å². The van der Waals surface area contributed by atoms with Gasteiger partial charge in [0.25, 0.3) is 0 Å². The number of carbonyl (C=O) groups is 2. The van der Waals surface area contributed by atoms with Gasteiger partial charge < -0.3 is 9.84 Å². The van der Waals surface area contributed by atoms with Gasteiger partial charge in [-0.15, -0.1) is 0 Å². The van der Waals surface area contributed by atoms with Gasteiger partial charge in [-0.2, -0.15) is 0 Å². The molecule has 0 radical (unpaired) electrons. The Kier molecular flexibility index (Phi) is 9.84. The maximum atomic E-state index is 11.6. The average Bonchev–Trinajstić information content (AvgIpc) is 3.07. The lowest BCUT2D eigenvalue weighted by molar-refractivity contribution is 0.0599. The lowest BCUT2D eigenvalue weighted by Gasteiger charge is -2.06. The second kappa shape index (κ2) is 14.3. The van der Waals surface area contributed by atoms with Gasteiger partial charge in [-0.3, -0.25) is 19.9 Å². The van der Waals surface area contributed by atoms with Crippen molar-refractivity contribution in [3.05, 3.63) is 142 Å². The Morgan fingerprint density at radius 2 is 1.09 bits per heavy atom. The van der Waals surface area contributed by atoms with Crippen LogP contribution in [0, 0.1) is 0 Å². The molecule has 0 fully saturated rings. The van der Waals surface area contributed by atoms with E-state index < -0.39 is 5.97 Å². The summed E-state index contributed by atoms with van der Waals surface area (Å²) in [5, 5.41) is 11.3. The van der Waals surface area contributed by atoms with Crippen LogP contribution < -0.4 is 0 Å². The topological polar surface area (TPSA) is 115 Å². The van der Waals surface area contributed by atoms with E-state index in [1.807, 2.05) is 36.7 Å². The Morgan fingerprint density at radius 3 is 1.56 bits per heavy atom. The second-order valence-electron chi connectivity index (χ2n) is 10.7. The smallest absolute Gasteiger partial charge is 0.337 e. The van der Waals surface area contributed by atoms with E-state index in [0.29, 0.717) is 18.4 Å². The summed E-state index contributed by atoms with van der Waals surface area (Å²) < 4.78 is 4.75. The fourth-order valence-corrected chi connectivity index (χ4v) is 5.01. The molecule has 1 N–H and O–H groups in total. The molecule has 6 rings (SSSR count). The second-order valence-corrected chi connectivity index (χ2v) is 10.7. The zero-order valence-corrected chi connectivity index (χ0v) is 25.5. The summed E-state index contributed by atoms with van der Waals surface area (Å²) in [6, 6.07) is 23.2. The summed E-state index contributed by atoms with van der Waals surface area (Å²) in [5.74, 6) is -1.28. The highest BCUT2D eigenvalue weighted by atomic mass is 16.5. The summed E-state index contributed by atoms with van der Waals surface area (Å²) in [4.78, 5) is 40.1. The number of aromatic nitrogens is 4. The summed E-state index contributed by atoms with van der Waals surface area (Å²) in [5.41, 5.74) is 8.99. The monoisotopic (exact) mass is 598 g/mol. The van der Waals surface area contributed by atoms with Crippen molar-refractivity contribution in [2.24, 2.45) is 0 Å². The Hall–Kier alpha value is -5.50. The molecule has 4 aromatic heterocycles. The summed E-state index contributed by atoms with van der Waals surface area (Å²) in [6.45, 7) is 4.23. The zero-order valence-electron chi connectivity index (χ0n) is 25.5. The minimum Gasteiger partial charge on any atom is -0.478 e. The Morgan fingerprint density at radius 1 is 0.622 bits per heavy atom. The molecule has 8 heteroatoms. The Bertz CT molecular complexity index is 1990. The Balaban J connectivity index is 0.000000178. The van der Waals surface area contributed by atoms with E-state index in [9.17, 15) is 9.59 Å². The van der Waals surface area contributed by atoms with Crippen molar-refractivity contribution >= 4 is 33.7 Å². The molecule has 0 bridgehead atoms. The van der Waals surface area contributed by atoms with E-state index in [4.69, 9.17) is 9.84 Å². The fourth-order valence-electron chi connectivity index (χ4n) is 5.01. The SMILES string of the molecule is CCc1cnc2ccc(Cc3cc(C(=O)O)ccn3)cc2c1.CCc1cnc2ccc(Cc3cc(C(=O)OC)ccn3)cc2c1. The van der Waals surface area contributed by atoms with Gasteiger partial charge in [-0.25, -0.2) is 9.59 Å². The standard InChI is InChI=1S/C19H18N2O2.C18H16N2O2/c1-3-13-8-16-9-14(4-5-18(16)21-12-13)10-17-11-15(6-7-20-17)19(22)23-2;1-2-12-7-15-8-13(3-4-17(15)20-11-12)9-16-10-14(18(21)22)5-6-19-16/h4-9,11-12H,3,10H2,1-2H3;3-8,10-11H,2,9H2,1H3,(H,21,22). The maximum absolute atomic E-state index is 11.6. The van der Waals surface area contributed by atoms with Crippen LogP contribution in [0.1, 0.15) is 68.2 Å². The molecular weight excluding hydrogens is 564 g/mol.